The van der Waals surface area contributed by atoms with Gasteiger partial charge in [-0.25, -0.2) is 0 Å². The maximum atomic E-state index is 12.5. The Kier molecular flexibility index (Phi) is 4.72. The summed E-state index contributed by atoms with van der Waals surface area (Å²) in [4.78, 5) is 11.6. The number of alkyl halides is 3. The quantitative estimate of drug-likeness (QED) is 0.669. The molecule has 1 rings (SSSR count). The van der Waals surface area contributed by atoms with Gasteiger partial charge < -0.3 is 10.5 Å². The maximum absolute atomic E-state index is 12.5. The average Bonchev–Trinajstić information content (AvgIpc) is 2.29. The van der Waals surface area contributed by atoms with E-state index in [0.717, 1.165) is 0 Å². The second-order valence-electron chi connectivity index (χ2n) is 3.82. The van der Waals surface area contributed by atoms with Crippen LogP contribution < -0.4 is 10.5 Å². The van der Waals surface area contributed by atoms with Crippen molar-refractivity contribution >= 4 is 5.97 Å². The monoisotopic (exact) mass is 261 g/mol. The molecule has 0 spiro atoms. The molecule has 1 aromatic carbocycles. The first-order chi connectivity index (χ1) is 8.36. The number of ether oxygens (including phenoxy) is 1. The molecule has 2 N–H and O–H groups in total. The van der Waals surface area contributed by atoms with Crippen molar-refractivity contribution in [2.75, 3.05) is 0 Å². The zero-order valence-corrected chi connectivity index (χ0v) is 9.78. The van der Waals surface area contributed by atoms with Gasteiger partial charge in [0.25, 0.3) is 0 Å². The van der Waals surface area contributed by atoms with E-state index in [-0.39, 0.29) is 12.2 Å². The summed E-state index contributed by atoms with van der Waals surface area (Å²) in [5.41, 5.74) is 5.03. The minimum atomic E-state index is -4.61. The Bertz CT molecular complexity index is 392. The lowest BCUT2D eigenvalue weighted by atomic mass is 9.97. The molecule has 0 aromatic heterocycles. The maximum Gasteiger partial charge on any atom is 0.404 e. The van der Waals surface area contributed by atoms with Crippen LogP contribution in [0.3, 0.4) is 0 Å². The van der Waals surface area contributed by atoms with E-state index in [1.807, 2.05) is 0 Å². The molecule has 1 aromatic rings. The summed E-state index contributed by atoms with van der Waals surface area (Å²) >= 11 is 0. The number of esters is 1. The summed E-state index contributed by atoms with van der Waals surface area (Å²) in [6.07, 6.45) is -4.65. The summed E-state index contributed by atoms with van der Waals surface area (Å²) in [6.45, 7) is 1.46. The Labute approximate surface area is 103 Å². The van der Waals surface area contributed by atoms with Crippen molar-refractivity contribution < 1.29 is 22.7 Å². The summed E-state index contributed by atoms with van der Waals surface area (Å²) in [5.74, 6) is -2.16. The van der Waals surface area contributed by atoms with Crippen LogP contribution in [0.5, 0.6) is 5.75 Å². The fourth-order valence-corrected chi connectivity index (χ4v) is 1.48. The molecule has 0 saturated heterocycles. The fraction of sp³-hybridized carbons (Fsp3) is 0.417. The Balaban J connectivity index is 2.75. The molecule has 0 unspecified atom stereocenters. The zero-order chi connectivity index (χ0) is 13.8. The summed E-state index contributed by atoms with van der Waals surface area (Å²) in [6, 6.07) is 5.71. The van der Waals surface area contributed by atoms with Crippen molar-refractivity contribution in [2.24, 2.45) is 11.7 Å². The first-order valence-corrected chi connectivity index (χ1v) is 5.45. The molecule has 0 fully saturated rings. The molecule has 0 aliphatic rings. The molecule has 0 heterocycles. The molecule has 0 aliphatic heterocycles. The Morgan fingerprint density at radius 2 is 1.89 bits per heavy atom. The molecular formula is C12H14F3NO2. The Morgan fingerprint density at radius 3 is 2.33 bits per heavy atom. The van der Waals surface area contributed by atoms with Gasteiger partial charge in [0.1, 0.15) is 11.8 Å². The number of nitrogens with two attached hydrogens (primary N) is 1. The second kappa shape index (κ2) is 5.86. The summed E-state index contributed by atoms with van der Waals surface area (Å²) in [7, 11) is 0. The zero-order valence-electron chi connectivity index (χ0n) is 9.78. The molecule has 0 radical (unpaired) electrons. The van der Waals surface area contributed by atoms with Crippen LogP contribution in [0.1, 0.15) is 13.3 Å². The molecule has 0 amide bonds. The first-order valence-electron chi connectivity index (χ1n) is 5.45. The van der Waals surface area contributed by atoms with Gasteiger partial charge in [-0.2, -0.15) is 13.2 Å². The standard InChI is InChI=1S/C12H14F3NO2/c1-2-9(10(16)12(13,14)15)11(17)18-8-6-4-3-5-7-8/h3-7,9-10H,2,16H2,1H3/t9-,10-/m1/s1. The fourth-order valence-electron chi connectivity index (χ4n) is 1.48. The SMILES string of the molecule is CC[C@@H](C(=O)Oc1ccccc1)[C@@H](N)C(F)(F)F. The second-order valence-corrected chi connectivity index (χ2v) is 3.82. The molecule has 0 bridgehead atoms. The van der Waals surface area contributed by atoms with Crippen LogP contribution in [0.25, 0.3) is 0 Å². The predicted molar refractivity (Wildman–Crippen MR) is 59.9 cm³/mol. The van der Waals surface area contributed by atoms with Crippen LogP contribution in [0.15, 0.2) is 30.3 Å². The lowest BCUT2D eigenvalue weighted by Gasteiger charge is -2.23. The molecular weight excluding hydrogens is 247 g/mol. The van der Waals surface area contributed by atoms with E-state index in [9.17, 15) is 18.0 Å². The number of carbonyl (C=O) groups is 1. The average molecular weight is 261 g/mol. The third-order valence-electron chi connectivity index (χ3n) is 2.52. The highest BCUT2D eigenvalue weighted by Gasteiger charge is 2.44. The normalized spacial score (nSPS) is 14.9. The molecule has 3 nitrogen and oxygen atoms in total. The third kappa shape index (κ3) is 3.73. The van der Waals surface area contributed by atoms with Gasteiger partial charge in [0.05, 0.1) is 5.92 Å². The van der Waals surface area contributed by atoms with Gasteiger partial charge in [0, 0.05) is 0 Å². The highest BCUT2D eigenvalue weighted by molar-refractivity contribution is 5.76. The van der Waals surface area contributed by atoms with E-state index in [2.05, 4.69) is 0 Å². The van der Waals surface area contributed by atoms with Crippen LogP contribution >= 0.6 is 0 Å². The van der Waals surface area contributed by atoms with Crippen molar-refractivity contribution in [3.63, 3.8) is 0 Å². The van der Waals surface area contributed by atoms with E-state index in [4.69, 9.17) is 10.5 Å². The predicted octanol–water partition coefficient (Wildman–Crippen LogP) is 2.51. The number of halogens is 3. The van der Waals surface area contributed by atoms with Crippen molar-refractivity contribution in [3.8, 4) is 5.75 Å². The van der Waals surface area contributed by atoms with Gasteiger partial charge in [0.15, 0.2) is 0 Å². The highest BCUT2D eigenvalue weighted by atomic mass is 19.4. The van der Waals surface area contributed by atoms with Gasteiger partial charge in [-0.3, -0.25) is 4.79 Å². The van der Waals surface area contributed by atoms with Crippen LogP contribution in [0, 0.1) is 5.92 Å². The van der Waals surface area contributed by atoms with Crippen molar-refractivity contribution in [3.05, 3.63) is 30.3 Å². The number of hydrogen-bond donors (Lipinski definition) is 1. The Morgan fingerprint density at radius 1 is 1.33 bits per heavy atom. The third-order valence-corrected chi connectivity index (χ3v) is 2.52. The largest absolute Gasteiger partial charge is 0.426 e. The number of benzene rings is 1. The van der Waals surface area contributed by atoms with Crippen LogP contribution in [0.2, 0.25) is 0 Å². The molecule has 0 aliphatic carbocycles. The van der Waals surface area contributed by atoms with Crippen molar-refractivity contribution in [1.82, 2.24) is 0 Å². The van der Waals surface area contributed by atoms with Gasteiger partial charge in [-0.15, -0.1) is 0 Å². The van der Waals surface area contributed by atoms with E-state index < -0.39 is 24.1 Å². The molecule has 2 atom stereocenters. The molecule has 18 heavy (non-hydrogen) atoms. The molecule has 6 heteroatoms. The van der Waals surface area contributed by atoms with Gasteiger partial charge >= 0.3 is 12.1 Å². The minimum Gasteiger partial charge on any atom is -0.426 e. The number of hydrogen-bond acceptors (Lipinski definition) is 3. The lowest BCUT2D eigenvalue weighted by molar-refractivity contribution is -0.171. The number of carbonyl (C=O) groups excluding carboxylic acids is 1. The molecule has 0 saturated carbocycles. The van der Waals surface area contributed by atoms with Crippen LogP contribution in [-0.2, 0) is 4.79 Å². The molecule has 100 valence electrons. The minimum absolute atomic E-state index is 0.0354. The number of rotatable bonds is 4. The van der Waals surface area contributed by atoms with Crippen molar-refractivity contribution in [2.45, 2.75) is 25.6 Å². The van der Waals surface area contributed by atoms with Crippen LogP contribution in [0.4, 0.5) is 13.2 Å². The van der Waals surface area contributed by atoms with Crippen LogP contribution in [-0.4, -0.2) is 18.2 Å². The van der Waals surface area contributed by atoms with Gasteiger partial charge in [0.2, 0.25) is 0 Å². The first kappa shape index (κ1) is 14.5. The van der Waals surface area contributed by atoms with E-state index in [1.165, 1.54) is 19.1 Å². The van der Waals surface area contributed by atoms with E-state index in [0.29, 0.717) is 0 Å². The number of para-hydroxylation sites is 1. The highest BCUT2D eigenvalue weighted by Crippen LogP contribution is 2.27. The topological polar surface area (TPSA) is 52.3 Å². The summed E-state index contributed by atoms with van der Waals surface area (Å²) in [5, 5.41) is 0. The van der Waals surface area contributed by atoms with E-state index in [1.54, 1.807) is 18.2 Å². The van der Waals surface area contributed by atoms with Gasteiger partial charge in [-0.05, 0) is 18.6 Å². The van der Waals surface area contributed by atoms with Gasteiger partial charge in [-0.1, -0.05) is 25.1 Å². The Hall–Kier alpha value is -1.56. The smallest absolute Gasteiger partial charge is 0.404 e. The summed E-state index contributed by atoms with van der Waals surface area (Å²) < 4.78 is 42.2. The lowest BCUT2D eigenvalue weighted by Crippen LogP contribution is -2.47. The van der Waals surface area contributed by atoms with Crippen molar-refractivity contribution in [1.29, 1.82) is 0 Å². The van der Waals surface area contributed by atoms with E-state index >= 15 is 0 Å².